The van der Waals surface area contributed by atoms with E-state index in [0.717, 1.165) is 12.8 Å². The topological polar surface area (TPSA) is 3.24 Å². The van der Waals surface area contributed by atoms with Gasteiger partial charge in [-0.1, -0.05) is 94.4 Å². The summed E-state index contributed by atoms with van der Waals surface area (Å²) in [6.45, 7) is 14.0. The van der Waals surface area contributed by atoms with Crippen LogP contribution in [-0.4, -0.2) is 6.04 Å². The van der Waals surface area contributed by atoms with Crippen LogP contribution in [0.15, 0.2) is 84.9 Å². The first-order valence-corrected chi connectivity index (χ1v) is 13.1. The molecular formula is C34H37N. The summed E-state index contributed by atoms with van der Waals surface area (Å²) in [5.74, 6) is 0. The van der Waals surface area contributed by atoms with Crippen molar-refractivity contribution in [1.29, 1.82) is 0 Å². The van der Waals surface area contributed by atoms with E-state index in [1.807, 2.05) is 0 Å². The van der Waals surface area contributed by atoms with Crippen molar-refractivity contribution in [1.82, 2.24) is 0 Å². The molecule has 0 bridgehead atoms. The molecule has 1 nitrogen and oxygen atoms in total. The van der Waals surface area contributed by atoms with E-state index in [0.29, 0.717) is 6.04 Å². The molecule has 1 aliphatic rings. The molecule has 0 heterocycles. The molecule has 178 valence electrons. The number of rotatable bonds is 6. The molecule has 0 N–H and O–H groups in total. The molecule has 4 aromatic rings. The number of benzene rings is 4. The lowest BCUT2D eigenvalue weighted by Crippen LogP contribution is -2.28. The Balaban J connectivity index is 1.73. The molecular weight excluding hydrogens is 422 g/mol. The van der Waals surface area contributed by atoms with Crippen molar-refractivity contribution >= 4 is 11.4 Å². The normalized spacial score (nSPS) is 13.6. The second kappa shape index (κ2) is 9.04. The molecule has 4 aromatic carbocycles. The zero-order valence-electron chi connectivity index (χ0n) is 22.0. The van der Waals surface area contributed by atoms with Gasteiger partial charge in [0.05, 0.1) is 0 Å². The van der Waals surface area contributed by atoms with Gasteiger partial charge in [0, 0.05) is 22.8 Å². The molecule has 0 atom stereocenters. The van der Waals surface area contributed by atoms with Crippen LogP contribution in [0.1, 0.15) is 63.8 Å². The van der Waals surface area contributed by atoms with Crippen LogP contribution >= 0.6 is 0 Å². The van der Waals surface area contributed by atoms with Gasteiger partial charge in [0.25, 0.3) is 0 Å². The van der Waals surface area contributed by atoms with Crippen molar-refractivity contribution in [2.45, 2.75) is 65.8 Å². The van der Waals surface area contributed by atoms with Gasteiger partial charge in [0.15, 0.2) is 0 Å². The summed E-state index contributed by atoms with van der Waals surface area (Å²) in [5, 5.41) is 0. The fourth-order valence-corrected chi connectivity index (χ4v) is 6.03. The van der Waals surface area contributed by atoms with Gasteiger partial charge in [-0.2, -0.15) is 0 Å². The van der Waals surface area contributed by atoms with Gasteiger partial charge in [-0.05, 0) is 89.4 Å². The minimum absolute atomic E-state index is 0.00489. The average molecular weight is 460 g/mol. The van der Waals surface area contributed by atoms with Crippen molar-refractivity contribution in [3.8, 4) is 22.3 Å². The first kappa shape index (κ1) is 23.4. The van der Waals surface area contributed by atoms with Gasteiger partial charge in [-0.15, -0.1) is 0 Å². The molecule has 0 radical (unpaired) electrons. The molecule has 0 amide bonds. The Hall–Kier alpha value is -3.32. The van der Waals surface area contributed by atoms with Crippen LogP contribution in [0.5, 0.6) is 0 Å². The van der Waals surface area contributed by atoms with E-state index in [1.54, 1.807) is 0 Å². The molecule has 0 aromatic heterocycles. The standard InChI is InChI=1S/C34H37N/c1-7-24-21-29-28-17-12-13-19-30(28)34(5,6)31(29)22-33(24)35(23(3)4)32-20-14-18-27(26(32)8-2)25-15-10-9-11-16-25/h9-23H,7-8H2,1-6H3. The third kappa shape index (κ3) is 3.78. The van der Waals surface area contributed by atoms with Crippen LogP contribution in [0.4, 0.5) is 11.4 Å². The lowest BCUT2D eigenvalue weighted by molar-refractivity contribution is 0.659. The van der Waals surface area contributed by atoms with Gasteiger partial charge in [0.2, 0.25) is 0 Å². The second-order valence-corrected chi connectivity index (χ2v) is 10.5. The lowest BCUT2D eigenvalue weighted by atomic mass is 9.81. The number of hydrogen-bond donors (Lipinski definition) is 0. The molecule has 35 heavy (non-hydrogen) atoms. The number of anilines is 2. The minimum Gasteiger partial charge on any atom is -0.338 e. The zero-order valence-corrected chi connectivity index (χ0v) is 22.0. The lowest BCUT2D eigenvalue weighted by Gasteiger charge is -2.35. The van der Waals surface area contributed by atoms with E-state index in [2.05, 4.69) is 131 Å². The number of nitrogens with zero attached hydrogens (tertiary/aromatic N) is 1. The fraction of sp³-hybridized carbons (Fsp3) is 0.294. The van der Waals surface area contributed by atoms with E-state index in [9.17, 15) is 0 Å². The first-order chi connectivity index (χ1) is 16.9. The third-order valence-electron chi connectivity index (χ3n) is 7.79. The molecule has 0 fully saturated rings. The van der Waals surface area contributed by atoms with Crippen molar-refractivity contribution in [3.05, 3.63) is 107 Å². The van der Waals surface area contributed by atoms with Crippen molar-refractivity contribution < 1.29 is 0 Å². The molecule has 1 heteroatoms. The molecule has 1 aliphatic carbocycles. The van der Waals surface area contributed by atoms with Gasteiger partial charge >= 0.3 is 0 Å². The maximum absolute atomic E-state index is 2.59. The second-order valence-electron chi connectivity index (χ2n) is 10.5. The Morgan fingerprint density at radius 1 is 0.657 bits per heavy atom. The number of aryl methyl sites for hydroxylation is 1. The van der Waals surface area contributed by atoms with Crippen LogP contribution in [0, 0.1) is 0 Å². The summed E-state index contributed by atoms with van der Waals surface area (Å²) in [4.78, 5) is 2.59. The summed E-state index contributed by atoms with van der Waals surface area (Å²) >= 11 is 0. The van der Waals surface area contributed by atoms with Crippen LogP contribution in [0.25, 0.3) is 22.3 Å². The quantitative estimate of drug-likeness (QED) is 0.278. The van der Waals surface area contributed by atoms with Crippen LogP contribution in [-0.2, 0) is 18.3 Å². The predicted octanol–water partition coefficient (Wildman–Crippen LogP) is 9.33. The summed E-state index contributed by atoms with van der Waals surface area (Å²) in [6, 6.07) is 31.9. The Bertz CT molecular complexity index is 1360. The highest BCUT2D eigenvalue weighted by atomic mass is 15.2. The Morgan fingerprint density at radius 3 is 2.03 bits per heavy atom. The van der Waals surface area contributed by atoms with E-state index in [-0.39, 0.29) is 5.41 Å². The van der Waals surface area contributed by atoms with Gasteiger partial charge < -0.3 is 4.90 Å². The number of hydrogen-bond acceptors (Lipinski definition) is 1. The van der Waals surface area contributed by atoms with Gasteiger partial charge in [-0.25, -0.2) is 0 Å². The summed E-state index contributed by atoms with van der Waals surface area (Å²) in [5.41, 5.74) is 13.8. The van der Waals surface area contributed by atoms with Crippen LogP contribution < -0.4 is 4.90 Å². The SMILES string of the molecule is CCc1cc2c(cc1N(c1cccc(-c3ccccc3)c1CC)C(C)C)C(C)(C)c1ccccc1-2. The minimum atomic E-state index is -0.00489. The Morgan fingerprint density at radius 2 is 1.34 bits per heavy atom. The molecule has 0 saturated heterocycles. The predicted molar refractivity (Wildman–Crippen MR) is 152 cm³/mol. The highest BCUT2D eigenvalue weighted by Gasteiger charge is 2.36. The largest absolute Gasteiger partial charge is 0.338 e. The Labute approximate surface area is 211 Å². The van der Waals surface area contributed by atoms with Crippen LogP contribution in [0.2, 0.25) is 0 Å². The molecule has 0 unspecified atom stereocenters. The summed E-state index contributed by atoms with van der Waals surface area (Å²) in [7, 11) is 0. The maximum atomic E-state index is 2.59. The molecule has 0 aliphatic heterocycles. The highest BCUT2D eigenvalue weighted by molar-refractivity contribution is 5.86. The van der Waals surface area contributed by atoms with E-state index in [4.69, 9.17) is 0 Å². The highest BCUT2D eigenvalue weighted by Crippen LogP contribution is 2.51. The van der Waals surface area contributed by atoms with E-state index >= 15 is 0 Å². The third-order valence-corrected chi connectivity index (χ3v) is 7.79. The first-order valence-electron chi connectivity index (χ1n) is 13.1. The monoisotopic (exact) mass is 459 g/mol. The summed E-state index contributed by atoms with van der Waals surface area (Å²) in [6.07, 6.45) is 2.00. The van der Waals surface area contributed by atoms with Crippen molar-refractivity contribution in [2.24, 2.45) is 0 Å². The van der Waals surface area contributed by atoms with E-state index < -0.39 is 0 Å². The average Bonchev–Trinajstić information content (AvgIpc) is 3.10. The Kier molecular flexibility index (Phi) is 6.05. The van der Waals surface area contributed by atoms with Crippen molar-refractivity contribution in [3.63, 3.8) is 0 Å². The van der Waals surface area contributed by atoms with Crippen molar-refractivity contribution in [2.75, 3.05) is 4.90 Å². The van der Waals surface area contributed by atoms with E-state index in [1.165, 1.54) is 55.9 Å². The van der Waals surface area contributed by atoms with Gasteiger partial charge in [-0.3, -0.25) is 0 Å². The number of fused-ring (bicyclic) bond motifs is 3. The summed E-state index contributed by atoms with van der Waals surface area (Å²) < 4.78 is 0. The molecule has 0 spiro atoms. The molecule has 5 rings (SSSR count). The van der Waals surface area contributed by atoms with Gasteiger partial charge in [0.1, 0.15) is 0 Å². The zero-order chi connectivity index (χ0) is 24.7. The van der Waals surface area contributed by atoms with Crippen LogP contribution in [0.3, 0.4) is 0 Å². The fourth-order valence-electron chi connectivity index (χ4n) is 6.03. The molecule has 0 saturated carbocycles. The maximum Gasteiger partial charge on any atom is 0.0451 e. The smallest absolute Gasteiger partial charge is 0.0451 e.